The van der Waals surface area contributed by atoms with E-state index in [1.165, 1.54) is 32.1 Å². The molecule has 2 N–H and O–H groups in total. The van der Waals surface area contributed by atoms with E-state index in [9.17, 15) is 14.4 Å². The second-order valence-corrected chi connectivity index (χ2v) is 13.9. The van der Waals surface area contributed by atoms with E-state index >= 15 is 0 Å². The van der Waals surface area contributed by atoms with Crippen molar-refractivity contribution >= 4 is 34.4 Å². The smallest absolute Gasteiger partial charge is 0.255 e. The Morgan fingerprint density at radius 1 is 0.938 bits per heavy atom. The molecule has 3 aliphatic heterocycles. The minimum absolute atomic E-state index is 0.132. The Labute approximate surface area is 280 Å². The molecule has 1 aliphatic carbocycles. The third-order valence-electron chi connectivity index (χ3n) is 10.9. The predicted molar refractivity (Wildman–Crippen MR) is 182 cm³/mol. The van der Waals surface area contributed by atoms with Gasteiger partial charge in [-0.2, -0.15) is 5.10 Å². The molecule has 48 heavy (non-hydrogen) atoms. The molecule has 0 radical (unpaired) electrons. The number of nitrogens with one attached hydrogen (secondary N) is 2. The van der Waals surface area contributed by atoms with Crippen LogP contribution in [0.15, 0.2) is 61.1 Å². The van der Waals surface area contributed by atoms with E-state index in [4.69, 9.17) is 10.1 Å². The van der Waals surface area contributed by atoms with Crippen LogP contribution in [0.4, 0.5) is 5.69 Å². The molecule has 1 saturated carbocycles. The molecule has 3 fully saturated rings. The Bertz CT molecular complexity index is 1860. The number of para-hydroxylation sites is 2. The molecule has 2 aromatic heterocycles. The van der Waals surface area contributed by atoms with Crippen molar-refractivity contribution in [3.63, 3.8) is 0 Å². The molecule has 1 atom stereocenters. The Kier molecular flexibility index (Phi) is 8.15. The first-order valence-corrected chi connectivity index (χ1v) is 17.5. The van der Waals surface area contributed by atoms with Gasteiger partial charge in [-0.05, 0) is 80.8 Å². The van der Waals surface area contributed by atoms with Crippen LogP contribution in [-0.2, 0) is 16.1 Å². The number of benzene rings is 2. The molecule has 0 spiro atoms. The van der Waals surface area contributed by atoms with Crippen LogP contribution < -0.4 is 10.6 Å². The number of nitrogens with zero attached hydrogens (tertiary/aromatic N) is 6. The minimum atomic E-state index is -0.581. The molecular formula is C37H42N8O3. The maximum Gasteiger partial charge on any atom is 0.255 e. The lowest BCUT2D eigenvalue weighted by Gasteiger charge is -2.38. The van der Waals surface area contributed by atoms with Gasteiger partial charge < -0.3 is 10.2 Å². The van der Waals surface area contributed by atoms with Gasteiger partial charge >= 0.3 is 0 Å². The van der Waals surface area contributed by atoms with Crippen LogP contribution in [0.3, 0.4) is 0 Å². The molecule has 2 saturated heterocycles. The van der Waals surface area contributed by atoms with Gasteiger partial charge in [0.15, 0.2) is 0 Å². The number of aromatic nitrogens is 4. The van der Waals surface area contributed by atoms with Crippen molar-refractivity contribution in [2.45, 2.75) is 88.4 Å². The zero-order chi connectivity index (χ0) is 32.7. The number of carbonyl (C=O) groups excluding carboxylic acids is 3. The molecule has 3 amide bonds. The van der Waals surface area contributed by atoms with Crippen LogP contribution in [0.2, 0.25) is 0 Å². The highest BCUT2D eigenvalue weighted by molar-refractivity contribution is 6.05. The topological polar surface area (TPSA) is 125 Å². The van der Waals surface area contributed by atoms with Crippen molar-refractivity contribution in [3.05, 3.63) is 72.2 Å². The molecule has 5 heterocycles. The molecule has 0 bridgehead atoms. The summed E-state index contributed by atoms with van der Waals surface area (Å²) in [5.74, 6) is -0.776. The highest BCUT2D eigenvalue weighted by atomic mass is 16.2. The molecule has 4 aliphatic rings. The average molecular weight is 647 g/mol. The van der Waals surface area contributed by atoms with Gasteiger partial charge in [0.05, 0.1) is 35.2 Å². The van der Waals surface area contributed by atoms with Crippen molar-refractivity contribution in [3.8, 4) is 11.3 Å². The van der Waals surface area contributed by atoms with Gasteiger partial charge in [-0.15, -0.1) is 0 Å². The third-order valence-corrected chi connectivity index (χ3v) is 10.9. The largest absolute Gasteiger partial charge is 0.385 e. The van der Waals surface area contributed by atoms with E-state index in [1.54, 1.807) is 4.90 Å². The van der Waals surface area contributed by atoms with Gasteiger partial charge in [-0.3, -0.25) is 34.3 Å². The molecule has 248 valence electrons. The number of anilines is 1. The number of likely N-dealkylation sites (tertiary alicyclic amines) is 1. The standard InChI is InChI=1S/C37H42N8O3/c46-34-11-10-33(35(47)42-34)44-23-25-20-27(8-9-29(25)36(44)48)38-17-5-1-4-14-37(15-16-37)43-18-12-28(13-19-43)45-24-26(21-40-45)32-22-39-30-6-2-3-7-31(30)41-32/h2-3,6-9,20-22,24,28,33,38H,1,4-5,10-19,23H2,(H,42,46,47). The maximum atomic E-state index is 13.0. The average Bonchev–Trinajstić information content (AvgIpc) is 3.60. The van der Waals surface area contributed by atoms with Crippen molar-refractivity contribution < 1.29 is 14.4 Å². The summed E-state index contributed by atoms with van der Waals surface area (Å²) in [6.45, 7) is 3.54. The first-order chi connectivity index (χ1) is 23.5. The fourth-order valence-electron chi connectivity index (χ4n) is 7.91. The monoisotopic (exact) mass is 646 g/mol. The maximum absolute atomic E-state index is 13.0. The molecule has 4 aromatic rings. The van der Waals surface area contributed by atoms with E-state index in [0.29, 0.717) is 30.1 Å². The molecular weight excluding hydrogens is 604 g/mol. The van der Waals surface area contributed by atoms with Crippen molar-refractivity contribution in [1.29, 1.82) is 0 Å². The molecule has 2 aromatic carbocycles. The number of carbonyl (C=O) groups is 3. The Morgan fingerprint density at radius 2 is 1.77 bits per heavy atom. The van der Waals surface area contributed by atoms with Gasteiger partial charge in [0.1, 0.15) is 6.04 Å². The summed E-state index contributed by atoms with van der Waals surface area (Å²) in [6, 6.07) is 13.6. The predicted octanol–water partition coefficient (Wildman–Crippen LogP) is 5.10. The zero-order valence-corrected chi connectivity index (χ0v) is 27.2. The number of unbranched alkanes of at least 4 members (excludes halogenated alkanes) is 2. The lowest BCUT2D eigenvalue weighted by atomic mass is 9.98. The number of hydrogen-bond acceptors (Lipinski definition) is 8. The lowest BCUT2D eigenvalue weighted by Crippen LogP contribution is -2.52. The number of amides is 3. The fourth-order valence-corrected chi connectivity index (χ4v) is 7.91. The fraction of sp³-hybridized carbons (Fsp3) is 0.459. The normalized spacial score (nSPS) is 21.0. The van der Waals surface area contributed by atoms with Crippen LogP contribution in [0, 0.1) is 0 Å². The van der Waals surface area contributed by atoms with E-state index in [-0.39, 0.29) is 24.1 Å². The van der Waals surface area contributed by atoms with Gasteiger partial charge in [-0.25, -0.2) is 4.98 Å². The van der Waals surface area contributed by atoms with Crippen LogP contribution in [0.1, 0.15) is 86.2 Å². The summed E-state index contributed by atoms with van der Waals surface area (Å²) in [5.41, 5.74) is 6.68. The zero-order valence-electron chi connectivity index (χ0n) is 27.2. The number of imide groups is 1. The first kappa shape index (κ1) is 30.7. The summed E-state index contributed by atoms with van der Waals surface area (Å²) in [4.78, 5) is 50.5. The van der Waals surface area contributed by atoms with Crippen LogP contribution in [0.5, 0.6) is 0 Å². The van der Waals surface area contributed by atoms with Crippen LogP contribution in [-0.4, -0.2) is 78.5 Å². The highest BCUT2D eigenvalue weighted by Gasteiger charge is 2.48. The van der Waals surface area contributed by atoms with E-state index in [1.807, 2.05) is 54.9 Å². The lowest BCUT2D eigenvalue weighted by molar-refractivity contribution is -0.136. The number of fused-ring (bicyclic) bond motifs is 2. The number of hydrogen-bond donors (Lipinski definition) is 2. The summed E-state index contributed by atoms with van der Waals surface area (Å²) in [5, 5.41) is 10.6. The van der Waals surface area contributed by atoms with Gasteiger partial charge in [0, 0.05) is 61.1 Å². The second kappa shape index (κ2) is 12.8. The summed E-state index contributed by atoms with van der Waals surface area (Å²) < 4.78 is 2.14. The van der Waals surface area contributed by atoms with Crippen molar-refractivity contribution in [2.24, 2.45) is 0 Å². The highest BCUT2D eigenvalue weighted by Crippen LogP contribution is 2.47. The third kappa shape index (κ3) is 6.07. The second-order valence-electron chi connectivity index (χ2n) is 13.9. The van der Waals surface area contributed by atoms with Crippen LogP contribution >= 0.6 is 0 Å². The van der Waals surface area contributed by atoms with E-state index < -0.39 is 6.04 Å². The van der Waals surface area contributed by atoms with Crippen molar-refractivity contribution in [1.82, 2.24) is 34.9 Å². The Hall–Kier alpha value is -4.64. The molecule has 8 rings (SSSR count). The Morgan fingerprint density at radius 3 is 2.58 bits per heavy atom. The van der Waals surface area contributed by atoms with Gasteiger partial charge in [-0.1, -0.05) is 25.0 Å². The van der Waals surface area contributed by atoms with Gasteiger partial charge in [0.25, 0.3) is 5.91 Å². The van der Waals surface area contributed by atoms with Crippen LogP contribution in [0.25, 0.3) is 22.3 Å². The molecule has 11 nitrogen and oxygen atoms in total. The summed E-state index contributed by atoms with van der Waals surface area (Å²) in [6.07, 6.45) is 16.2. The molecule has 1 unspecified atom stereocenters. The number of rotatable bonds is 11. The summed E-state index contributed by atoms with van der Waals surface area (Å²) >= 11 is 0. The van der Waals surface area contributed by atoms with Gasteiger partial charge in [0.2, 0.25) is 11.8 Å². The van der Waals surface area contributed by atoms with Crippen molar-refractivity contribution in [2.75, 3.05) is 25.0 Å². The first-order valence-electron chi connectivity index (χ1n) is 17.5. The summed E-state index contributed by atoms with van der Waals surface area (Å²) in [7, 11) is 0. The van der Waals surface area contributed by atoms with E-state index in [2.05, 4.69) is 31.4 Å². The number of piperidine rings is 2. The van der Waals surface area contributed by atoms with E-state index in [0.717, 1.165) is 72.4 Å². The minimum Gasteiger partial charge on any atom is -0.385 e. The Balaban J connectivity index is 0.765. The quantitative estimate of drug-likeness (QED) is 0.171. The SMILES string of the molecule is O=C1CCC(N2Cc3cc(NCCCCCC4(N5CCC(n6cc(-c7cnc8ccccc8n7)cn6)CC5)CC4)ccc3C2=O)C(=O)N1. The molecule has 11 heteroatoms.